The summed E-state index contributed by atoms with van der Waals surface area (Å²) in [6.07, 6.45) is 0. The zero-order valence-corrected chi connectivity index (χ0v) is 14.1. The Labute approximate surface area is 133 Å². The molecule has 2 rings (SSSR count). The van der Waals surface area contributed by atoms with Crippen LogP contribution in [0.5, 0.6) is 0 Å². The molecule has 0 bridgehead atoms. The van der Waals surface area contributed by atoms with Crippen LogP contribution in [0.15, 0.2) is 24.3 Å². The molecule has 0 saturated carbocycles. The van der Waals surface area contributed by atoms with Crippen LogP contribution in [0.1, 0.15) is 38.6 Å². The van der Waals surface area contributed by atoms with Gasteiger partial charge in [0.1, 0.15) is 0 Å². The van der Waals surface area contributed by atoms with E-state index in [1.165, 1.54) is 22.4 Å². The maximum absolute atomic E-state index is 11.8. The first-order valence-electron chi connectivity index (χ1n) is 6.63. The van der Waals surface area contributed by atoms with E-state index in [1.807, 2.05) is 0 Å². The molecule has 3 nitrogen and oxygen atoms in total. The standard InChI is InChI=1S/C16H18ClNO2S/c1-9-7-14(11(3)21-9)10(2)18-15-8-12(17)5-6-13(15)16(19)20-4/h5-8,10,18H,1-4H3. The van der Waals surface area contributed by atoms with Crippen molar-refractivity contribution in [2.75, 3.05) is 12.4 Å². The zero-order valence-electron chi connectivity index (χ0n) is 12.5. The molecule has 0 aliphatic carbocycles. The van der Waals surface area contributed by atoms with E-state index < -0.39 is 0 Å². The molecular formula is C16H18ClNO2S. The third-order valence-electron chi connectivity index (χ3n) is 3.30. The number of ether oxygens (including phenoxy) is 1. The van der Waals surface area contributed by atoms with Crippen LogP contribution in [0.2, 0.25) is 5.02 Å². The number of nitrogens with one attached hydrogen (secondary N) is 1. The molecule has 1 aromatic heterocycles. The maximum atomic E-state index is 11.8. The molecule has 2 aromatic rings. The largest absolute Gasteiger partial charge is 0.465 e. The Morgan fingerprint density at radius 1 is 1.33 bits per heavy atom. The highest BCUT2D eigenvalue weighted by Crippen LogP contribution is 2.30. The van der Waals surface area contributed by atoms with E-state index in [-0.39, 0.29) is 12.0 Å². The lowest BCUT2D eigenvalue weighted by atomic mass is 10.1. The Kier molecular flexibility index (Phi) is 4.91. The second-order valence-electron chi connectivity index (χ2n) is 4.92. The molecule has 0 aliphatic rings. The van der Waals surface area contributed by atoms with Gasteiger partial charge in [-0.1, -0.05) is 11.6 Å². The minimum absolute atomic E-state index is 0.0804. The summed E-state index contributed by atoms with van der Waals surface area (Å²) in [6, 6.07) is 7.36. The van der Waals surface area contributed by atoms with Crippen molar-refractivity contribution in [2.24, 2.45) is 0 Å². The second-order valence-corrected chi connectivity index (χ2v) is 6.81. The van der Waals surface area contributed by atoms with Crippen LogP contribution in [-0.2, 0) is 4.74 Å². The van der Waals surface area contributed by atoms with Crippen molar-refractivity contribution in [3.05, 3.63) is 50.2 Å². The Morgan fingerprint density at radius 3 is 2.62 bits per heavy atom. The maximum Gasteiger partial charge on any atom is 0.339 e. The lowest BCUT2D eigenvalue weighted by molar-refractivity contribution is 0.0602. The third-order valence-corrected chi connectivity index (χ3v) is 4.52. The van der Waals surface area contributed by atoms with Crippen molar-refractivity contribution < 1.29 is 9.53 Å². The molecule has 112 valence electrons. The average Bonchev–Trinajstić information content (AvgIpc) is 2.77. The molecule has 0 aliphatic heterocycles. The van der Waals surface area contributed by atoms with Gasteiger partial charge in [-0.3, -0.25) is 0 Å². The molecule has 0 fully saturated rings. The van der Waals surface area contributed by atoms with Crippen molar-refractivity contribution in [3.63, 3.8) is 0 Å². The number of anilines is 1. The van der Waals surface area contributed by atoms with Crippen molar-refractivity contribution in [1.29, 1.82) is 0 Å². The van der Waals surface area contributed by atoms with E-state index in [0.29, 0.717) is 16.3 Å². The van der Waals surface area contributed by atoms with Gasteiger partial charge >= 0.3 is 5.97 Å². The van der Waals surface area contributed by atoms with Gasteiger partial charge in [-0.2, -0.15) is 0 Å². The first-order valence-corrected chi connectivity index (χ1v) is 7.83. The van der Waals surface area contributed by atoms with Gasteiger partial charge in [0, 0.05) is 20.8 Å². The Balaban J connectivity index is 2.32. The van der Waals surface area contributed by atoms with Crippen LogP contribution in [-0.4, -0.2) is 13.1 Å². The van der Waals surface area contributed by atoms with Gasteiger partial charge < -0.3 is 10.1 Å². The minimum atomic E-state index is -0.375. The molecular weight excluding hydrogens is 306 g/mol. The number of aryl methyl sites for hydroxylation is 2. The van der Waals surface area contributed by atoms with E-state index >= 15 is 0 Å². The number of thiophene rings is 1. The second kappa shape index (κ2) is 6.50. The molecule has 0 saturated heterocycles. The van der Waals surface area contributed by atoms with E-state index in [9.17, 15) is 4.79 Å². The number of hydrogen-bond acceptors (Lipinski definition) is 4. The third kappa shape index (κ3) is 3.57. The predicted octanol–water partition coefficient (Wildman–Crippen LogP) is 4.98. The number of methoxy groups -OCH3 is 1. The highest BCUT2D eigenvalue weighted by Gasteiger charge is 2.16. The molecule has 5 heteroatoms. The number of carbonyl (C=O) groups excluding carboxylic acids is 1. The number of hydrogen-bond donors (Lipinski definition) is 1. The summed E-state index contributed by atoms with van der Waals surface area (Å²) in [6.45, 7) is 6.26. The van der Waals surface area contributed by atoms with Gasteiger partial charge in [0.05, 0.1) is 18.4 Å². The zero-order chi connectivity index (χ0) is 15.6. The summed E-state index contributed by atoms with van der Waals surface area (Å²) < 4.78 is 4.81. The Hall–Kier alpha value is -1.52. The van der Waals surface area contributed by atoms with E-state index in [2.05, 4.69) is 32.2 Å². The van der Waals surface area contributed by atoms with Crippen molar-refractivity contribution in [2.45, 2.75) is 26.8 Å². The fourth-order valence-electron chi connectivity index (χ4n) is 2.32. The summed E-state index contributed by atoms with van der Waals surface area (Å²) in [5.41, 5.74) is 2.40. The first kappa shape index (κ1) is 15.9. The number of halogens is 1. The molecule has 21 heavy (non-hydrogen) atoms. The van der Waals surface area contributed by atoms with Crippen molar-refractivity contribution in [3.8, 4) is 0 Å². The predicted molar refractivity (Wildman–Crippen MR) is 88.6 cm³/mol. The topological polar surface area (TPSA) is 38.3 Å². The SMILES string of the molecule is COC(=O)c1ccc(Cl)cc1NC(C)c1cc(C)sc1C. The molecule has 0 spiro atoms. The molecule has 1 aromatic carbocycles. The van der Waals surface area contributed by atoms with E-state index in [1.54, 1.807) is 29.5 Å². The Bertz CT molecular complexity index is 666. The van der Waals surface area contributed by atoms with Crippen LogP contribution < -0.4 is 5.32 Å². The van der Waals surface area contributed by atoms with Gasteiger partial charge in [-0.05, 0) is 50.6 Å². The highest BCUT2D eigenvalue weighted by molar-refractivity contribution is 7.12. The lowest BCUT2D eigenvalue weighted by Gasteiger charge is -2.18. The lowest BCUT2D eigenvalue weighted by Crippen LogP contribution is -2.12. The molecule has 0 radical (unpaired) electrons. The fraction of sp³-hybridized carbons (Fsp3) is 0.312. The number of esters is 1. The Morgan fingerprint density at radius 2 is 2.05 bits per heavy atom. The van der Waals surface area contributed by atoms with Gasteiger partial charge in [0.15, 0.2) is 0 Å². The van der Waals surface area contributed by atoms with Crippen LogP contribution in [0.4, 0.5) is 5.69 Å². The first-order chi connectivity index (χ1) is 9.92. The number of carbonyl (C=O) groups is 1. The normalized spacial score (nSPS) is 12.0. The van der Waals surface area contributed by atoms with E-state index in [4.69, 9.17) is 16.3 Å². The average molecular weight is 324 g/mol. The molecule has 1 heterocycles. The molecule has 1 N–H and O–H groups in total. The smallest absolute Gasteiger partial charge is 0.339 e. The number of rotatable bonds is 4. The monoisotopic (exact) mass is 323 g/mol. The molecule has 0 amide bonds. The highest BCUT2D eigenvalue weighted by atomic mass is 35.5. The van der Waals surface area contributed by atoms with Gasteiger partial charge in [0.2, 0.25) is 0 Å². The summed E-state index contributed by atoms with van der Waals surface area (Å²) in [5, 5.41) is 3.94. The van der Waals surface area contributed by atoms with Crippen LogP contribution in [0.3, 0.4) is 0 Å². The van der Waals surface area contributed by atoms with Crippen LogP contribution in [0.25, 0.3) is 0 Å². The van der Waals surface area contributed by atoms with E-state index in [0.717, 1.165) is 0 Å². The van der Waals surface area contributed by atoms with Crippen LogP contribution in [0, 0.1) is 13.8 Å². The number of benzene rings is 1. The summed E-state index contributed by atoms with van der Waals surface area (Å²) in [7, 11) is 1.37. The minimum Gasteiger partial charge on any atom is -0.465 e. The molecule has 1 unspecified atom stereocenters. The quantitative estimate of drug-likeness (QED) is 0.806. The molecule has 1 atom stereocenters. The van der Waals surface area contributed by atoms with Crippen molar-refractivity contribution in [1.82, 2.24) is 0 Å². The summed E-state index contributed by atoms with van der Waals surface area (Å²) >= 11 is 7.81. The van der Waals surface area contributed by atoms with Crippen LogP contribution >= 0.6 is 22.9 Å². The van der Waals surface area contributed by atoms with Crippen molar-refractivity contribution >= 4 is 34.6 Å². The van der Waals surface area contributed by atoms with Gasteiger partial charge in [-0.25, -0.2) is 4.79 Å². The summed E-state index contributed by atoms with van der Waals surface area (Å²) in [5.74, 6) is -0.375. The summed E-state index contributed by atoms with van der Waals surface area (Å²) in [4.78, 5) is 14.4. The van der Waals surface area contributed by atoms with Gasteiger partial charge in [-0.15, -0.1) is 11.3 Å². The van der Waals surface area contributed by atoms with Gasteiger partial charge in [0.25, 0.3) is 0 Å². The fourth-order valence-corrected chi connectivity index (χ4v) is 3.51.